The van der Waals surface area contributed by atoms with Crippen LogP contribution in [0.2, 0.25) is 0 Å². The number of fused-ring (bicyclic) bond motifs is 2. The second-order valence-electron chi connectivity index (χ2n) is 13.8. The molecule has 6 rings (SSSR count). The van der Waals surface area contributed by atoms with Gasteiger partial charge >= 0.3 is 6.18 Å². The van der Waals surface area contributed by atoms with E-state index in [2.05, 4.69) is 89.9 Å². The molecule has 0 aliphatic rings. The van der Waals surface area contributed by atoms with E-state index in [1.54, 1.807) is 36.2 Å². The monoisotopic (exact) mass is 704 g/mol. The summed E-state index contributed by atoms with van der Waals surface area (Å²) in [6.07, 6.45) is -4.36. The van der Waals surface area contributed by atoms with E-state index in [9.17, 15) is 18.0 Å². The van der Waals surface area contributed by atoms with Crippen LogP contribution in [0.25, 0.3) is 32.7 Å². The van der Waals surface area contributed by atoms with Crippen LogP contribution in [-0.4, -0.2) is 62.9 Å². The standard InChI is InChI=1S/C29H27F3N2O.C15H20N2/c1-33(2)18-20-7-16-27-24(17-20)5-4-6-25(27)19-34(3)28(35)23-10-8-21(9-11-23)22-12-14-26(15-13-22)29(30,31)32;1-16-10-14-6-4-5-13-9-12(11-17(2)3)7-8-15(13)14/h4-17H,18-19H2,1-3H3;4-9,16H,10-11H2,1-3H3. The summed E-state index contributed by atoms with van der Waals surface area (Å²) in [7, 11) is 12.0. The van der Waals surface area contributed by atoms with Crippen molar-refractivity contribution in [3.63, 3.8) is 0 Å². The zero-order valence-electron chi connectivity index (χ0n) is 30.8. The van der Waals surface area contributed by atoms with Crippen LogP contribution in [-0.2, 0) is 32.4 Å². The third-order valence-corrected chi connectivity index (χ3v) is 8.87. The summed E-state index contributed by atoms with van der Waals surface area (Å²) in [6.45, 7) is 3.24. The molecule has 1 N–H and O–H groups in total. The molecular formula is C44H47F3N4O. The molecule has 0 bridgehead atoms. The molecule has 0 unspecified atom stereocenters. The lowest BCUT2D eigenvalue weighted by Crippen LogP contribution is -2.26. The minimum atomic E-state index is -4.36. The number of benzene rings is 6. The normalized spacial score (nSPS) is 11.6. The number of halogens is 3. The van der Waals surface area contributed by atoms with Crippen molar-refractivity contribution in [1.82, 2.24) is 20.0 Å². The first-order valence-corrected chi connectivity index (χ1v) is 17.3. The molecule has 6 aromatic carbocycles. The highest BCUT2D eigenvalue weighted by molar-refractivity contribution is 5.95. The number of amides is 1. The van der Waals surface area contributed by atoms with Gasteiger partial charge in [0.15, 0.2) is 0 Å². The highest BCUT2D eigenvalue weighted by Crippen LogP contribution is 2.31. The predicted octanol–water partition coefficient (Wildman–Crippen LogP) is 9.48. The SMILES string of the molecule is CN(C)Cc1ccc2c(CN(C)C(=O)c3ccc(-c4ccc(C(F)(F)F)cc4)cc3)cccc2c1.CNCc1cccc2cc(CN(C)C)ccc12. The van der Waals surface area contributed by atoms with Crippen molar-refractivity contribution in [2.45, 2.75) is 32.4 Å². The maximum atomic E-state index is 13.1. The van der Waals surface area contributed by atoms with Crippen molar-refractivity contribution < 1.29 is 18.0 Å². The van der Waals surface area contributed by atoms with Gasteiger partial charge in [0, 0.05) is 38.8 Å². The minimum absolute atomic E-state index is 0.120. The molecule has 270 valence electrons. The Hall–Kier alpha value is -5.02. The molecule has 0 spiro atoms. The number of alkyl halides is 3. The molecular weight excluding hydrogens is 658 g/mol. The lowest BCUT2D eigenvalue weighted by molar-refractivity contribution is -0.137. The molecule has 0 radical (unpaired) electrons. The van der Waals surface area contributed by atoms with Gasteiger partial charge in [0.1, 0.15) is 0 Å². The second-order valence-corrected chi connectivity index (χ2v) is 13.8. The van der Waals surface area contributed by atoms with Crippen molar-refractivity contribution >= 4 is 27.5 Å². The highest BCUT2D eigenvalue weighted by Gasteiger charge is 2.30. The van der Waals surface area contributed by atoms with E-state index in [-0.39, 0.29) is 5.91 Å². The van der Waals surface area contributed by atoms with Crippen LogP contribution < -0.4 is 5.32 Å². The maximum absolute atomic E-state index is 13.1. The van der Waals surface area contributed by atoms with Crippen LogP contribution in [0.5, 0.6) is 0 Å². The van der Waals surface area contributed by atoms with Crippen LogP contribution in [0.15, 0.2) is 121 Å². The van der Waals surface area contributed by atoms with E-state index < -0.39 is 11.7 Å². The summed E-state index contributed by atoms with van der Waals surface area (Å²) in [5, 5.41) is 8.16. The fraction of sp³-hybridized carbons (Fsp3) is 0.250. The number of carbonyl (C=O) groups is 1. The van der Waals surface area contributed by atoms with Gasteiger partial charge in [-0.15, -0.1) is 0 Å². The van der Waals surface area contributed by atoms with Gasteiger partial charge in [0.25, 0.3) is 5.91 Å². The van der Waals surface area contributed by atoms with Crippen LogP contribution in [0.4, 0.5) is 13.2 Å². The smallest absolute Gasteiger partial charge is 0.337 e. The zero-order valence-corrected chi connectivity index (χ0v) is 30.8. The summed E-state index contributed by atoms with van der Waals surface area (Å²) in [4.78, 5) is 19.1. The van der Waals surface area contributed by atoms with E-state index >= 15 is 0 Å². The topological polar surface area (TPSA) is 38.8 Å². The number of nitrogens with one attached hydrogen (secondary N) is 1. The zero-order chi connectivity index (χ0) is 37.4. The van der Waals surface area contributed by atoms with Crippen molar-refractivity contribution in [3.05, 3.63) is 155 Å². The van der Waals surface area contributed by atoms with E-state index in [1.165, 1.54) is 39.6 Å². The summed E-state index contributed by atoms with van der Waals surface area (Å²) in [5.41, 5.74) is 6.28. The Bertz CT molecular complexity index is 2110. The number of hydrogen-bond acceptors (Lipinski definition) is 4. The Kier molecular flexibility index (Phi) is 12.5. The molecule has 8 heteroatoms. The van der Waals surface area contributed by atoms with E-state index in [0.717, 1.165) is 53.7 Å². The number of carbonyl (C=O) groups excluding carboxylic acids is 1. The molecule has 0 aromatic heterocycles. The number of hydrogen-bond donors (Lipinski definition) is 1. The lowest BCUT2D eigenvalue weighted by Gasteiger charge is -2.19. The third-order valence-electron chi connectivity index (χ3n) is 8.87. The first-order chi connectivity index (χ1) is 24.8. The van der Waals surface area contributed by atoms with Gasteiger partial charge in [-0.1, -0.05) is 84.9 Å². The van der Waals surface area contributed by atoms with E-state index in [0.29, 0.717) is 17.7 Å². The number of rotatable bonds is 10. The fourth-order valence-corrected chi connectivity index (χ4v) is 6.41. The Morgan fingerprint density at radius 3 is 1.56 bits per heavy atom. The summed E-state index contributed by atoms with van der Waals surface area (Å²) in [6, 6.07) is 37.7. The third kappa shape index (κ3) is 9.85. The van der Waals surface area contributed by atoms with Gasteiger partial charge in [-0.25, -0.2) is 0 Å². The van der Waals surface area contributed by atoms with Crippen molar-refractivity contribution in [2.24, 2.45) is 0 Å². The maximum Gasteiger partial charge on any atom is 0.416 e. The van der Waals surface area contributed by atoms with Gasteiger partial charge < -0.3 is 20.0 Å². The van der Waals surface area contributed by atoms with Crippen LogP contribution >= 0.6 is 0 Å². The summed E-state index contributed by atoms with van der Waals surface area (Å²) >= 11 is 0. The summed E-state index contributed by atoms with van der Waals surface area (Å²) in [5.74, 6) is -0.120. The predicted molar refractivity (Wildman–Crippen MR) is 208 cm³/mol. The molecule has 6 aromatic rings. The quantitative estimate of drug-likeness (QED) is 0.154. The van der Waals surface area contributed by atoms with Crippen molar-refractivity contribution in [3.8, 4) is 11.1 Å². The van der Waals surface area contributed by atoms with Crippen molar-refractivity contribution in [1.29, 1.82) is 0 Å². The molecule has 0 fully saturated rings. The van der Waals surface area contributed by atoms with Crippen LogP contribution in [0.1, 0.15) is 38.2 Å². The largest absolute Gasteiger partial charge is 0.416 e. The molecule has 0 saturated carbocycles. The van der Waals surface area contributed by atoms with Gasteiger partial charge in [-0.05, 0) is 127 Å². The molecule has 0 saturated heterocycles. The van der Waals surface area contributed by atoms with Crippen LogP contribution in [0, 0.1) is 0 Å². The Morgan fingerprint density at radius 1 is 0.596 bits per heavy atom. The Labute approximate surface area is 305 Å². The molecule has 0 heterocycles. The first-order valence-electron chi connectivity index (χ1n) is 17.3. The average molecular weight is 705 g/mol. The average Bonchev–Trinajstić information content (AvgIpc) is 3.11. The Morgan fingerprint density at radius 2 is 1.08 bits per heavy atom. The molecule has 1 amide bonds. The lowest BCUT2D eigenvalue weighted by atomic mass is 10.0. The molecule has 0 atom stereocenters. The van der Waals surface area contributed by atoms with Gasteiger partial charge in [-0.2, -0.15) is 13.2 Å². The summed E-state index contributed by atoms with van der Waals surface area (Å²) < 4.78 is 38.4. The van der Waals surface area contributed by atoms with Gasteiger partial charge in [-0.3, -0.25) is 4.79 Å². The number of nitrogens with zero attached hydrogens (tertiary/aromatic N) is 3. The first kappa shape index (κ1) is 38.2. The highest BCUT2D eigenvalue weighted by atomic mass is 19.4. The fourth-order valence-electron chi connectivity index (χ4n) is 6.41. The Balaban J connectivity index is 0.000000257. The van der Waals surface area contributed by atoms with Crippen LogP contribution in [0.3, 0.4) is 0 Å². The van der Waals surface area contributed by atoms with Gasteiger partial charge in [0.2, 0.25) is 0 Å². The minimum Gasteiger partial charge on any atom is -0.337 e. The van der Waals surface area contributed by atoms with E-state index in [1.807, 2.05) is 33.3 Å². The molecule has 52 heavy (non-hydrogen) atoms. The van der Waals surface area contributed by atoms with E-state index in [4.69, 9.17) is 0 Å². The van der Waals surface area contributed by atoms with Crippen molar-refractivity contribution in [2.75, 3.05) is 42.3 Å². The molecule has 0 aliphatic heterocycles. The second kappa shape index (κ2) is 17.0. The van der Waals surface area contributed by atoms with Gasteiger partial charge in [0.05, 0.1) is 5.56 Å². The molecule has 5 nitrogen and oxygen atoms in total. The molecule has 0 aliphatic carbocycles.